The number of amides is 2. The molecular formula is C15H28N4O. The lowest BCUT2D eigenvalue weighted by Gasteiger charge is -2.48. The zero-order valence-corrected chi connectivity index (χ0v) is 12.6. The molecule has 2 amide bonds. The predicted molar refractivity (Wildman–Crippen MR) is 79.5 cm³/mol. The van der Waals surface area contributed by atoms with Crippen LogP contribution in [0, 0.1) is 0 Å². The summed E-state index contributed by atoms with van der Waals surface area (Å²) in [6.45, 7) is 1.62. The first kappa shape index (κ1) is 14.1. The van der Waals surface area contributed by atoms with Crippen molar-refractivity contribution in [2.75, 3.05) is 20.1 Å². The number of rotatable bonds is 2. The third kappa shape index (κ3) is 2.93. The van der Waals surface area contributed by atoms with Crippen LogP contribution in [0.15, 0.2) is 0 Å². The first-order valence-corrected chi connectivity index (χ1v) is 8.16. The molecule has 0 saturated carbocycles. The summed E-state index contributed by atoms with van der Waals surface area (Å²) in [5.74, 6) is 0. The average molecular weight is 280 g/mol. The van der Waals surface area contributed by atoms with Gasteiger partial charge >= 0.3 is 6.03 Å². The van der Waals surface area contributed by atoms with Crippen molar-refractivity contribution in [2.45, 2.75) is 69.1 Å². The van der Waals surface area contributed by atoms with E-state index in [1.165, 1.54) is 32.1 Å². The molecule has 0 radical (unpaired) electrons. The quantitative estimate of drug-likeness (QED) is 0.797. The number of fused-ring (bicyclic) bond motifs is 2. The van der Waals surface area contributed by atoms with Crippen LogP contribution in [0.4, 0.5) is 4.79 Å². The Morgan fingerprint density at radius 1 is 1.05 bits per heavy atom. The normalized spacial score (nSPS) is 36.0. The standard InChI is InChI=1S/C15H28N4O/c1-18-13-3-2-4-14(18)10-12(9-13)17-11-5-7-19(8-6-11)15(16)20/h11-14,17H,2-10H2,1H3,(H2,16,20). The molecule has 5 nitrogen and oxygen atoms in total. The van der Waals surface area contributed by atoms with Gasteiger partial charge < -0.3 is 20.9 Å². The number of nitrogens with one attached hydrogen (secondary N) is 1. The highest BCUT2D eigenvalue weighted by Crippen LogP contribution is 2.33. The number of piperidine rings is 3. The number of nitrogens with zero attached hydrogens (tertiary/aromatic N) is 2. The fourth-order valence-electron chi connectivity index (χ4n) is 4.35. The van der Waals surface area contributed by atoms with Gasteiger partial charge in [-0.1, -0.05) is 6.42 Å². The zero-order chi connectivity index (χ0) is 14.1. The topological polar surface area (TPSA) is 61.6 Å². The Morgan fingerprint density at radius 2 is 1.65 bits per heavy atom. The van der Waals surface area contributed by atoms with E-state index in [4.69, 9.17) is 5.73 Å². The first-order valence-electron chi connectivity index (χ1n) is 8.16. The minimum atomic E-state index is -0.266. The van der Waals surface area contributed by atoms with Crippen molar-refractivity contribution in [2.24, 2.45) is 5.73 Å². The summed E-state index contributed by atoms with van der Waals surface area (Å²) < 4.78 is 0. The molecule has 3 fully saturated rings. The molecule has 2 bridgehead atoms. The lowest BCUT2D eigenvalue weighted by molar-refractivity contribution is 0.0435. The molecular weight excluding hydrogens is 252 g/mol. The van der Waals surface area contributed by atoms with Gasteiger partial charge in [0.15, 0.2) is 0 Å². The second kappa shape index (κ2) is 5.90. The SMILES string of the molecule is CN1C2CCCC1CC(NC1CCN(C(N)=O)CC1)C2. The van der Waals surface area contributed by atoms with Crippen molar-refractivity contribution in [3.05, 3.63) is 0 Å². The van der Waals surface area contributed by atoms with Gasteiger partial charge in [-0.2, -0.15) is 0 Å². The molecule has 3 saturated heterocycles. The van der Waals surface area contributed by atoms with Crippen LogP contribution in [0.1, 0.15) is 44.9 Å². The lowest BCUT2D eigenvalue weighted by atomic mass is 9.82. The van der Waals surface area contributed by atoms with Gasteiger partial charge in [-0.3, -0.25) is 0 Å². The van der Waals surface area contributed by atoms with Gasteiger partial charge in [-0.25, -0.2) is 4.79 Å². The van der Waals surface area contributed by atoms with Crippen molar-refractivity contribution < 1.29 is 4.79 Å². The molecule has 3 aliphatic heterocycles. The number of likely N-dealkylation sites (tertiary alicyclic amines) is 1. The number of hydrogen-bond donors (Lipinski definition) is 2. The molecule has 2 unspecified atom stereocenters. The molecule has 20 heavy (non-hydrogen) atoms. The van der Waals surface area contributed by atoms with Gasteiger partial charge in [-0.15, -0.1) is 0 Å². The van der Waals surface area contributed by atoms with Crippen molar-refractivity contribution >= 4 is 6.03 Å². The predicted octanol–water partition coefficient (Wildman–Crippen LogP) is 1.13. The van der Waals surface area contributed by atoms with Crippen LogP contribution >= 0.6 is 0 Å². The number of carbonyl (C=O) groups is 1. The Hall–Kier alpha value is -0.810. The summed E-state index contributed by atoms with van der Waals surface area (Å²) >= 11 is 0. The molecule has 3 N–H and O–H groups in total. The monoisotopic (exact) mass is 280 g/mol. The van der Waals surface area contributed by atoms with Crippen LogP contribution in [0.2, 0.25) is 0 Å². The average Bonchev–Trinajstić information content (AvgIpc) is 2.40. The number of primary amides is 1. The Labute approximate surface area is 121 Å². The summed E-state index contributed by atoms with van der Waals surface area (Å²) in [5.41, 5.74) is 5.34. The molecule has 0 aromatic rings. The second-order valence-electron chi connectivity index (χ2n) is 6.84. The third-order valence-electron chi connectivity index (χ3n) is 5.62. The highest BCUT2D eigenvalue weighted by Gasteiger charge is 2.36. The number of nitrogens with two attached hydrogens (primary N) is 1. The lowest BCUT2D eigenvalue weighted by Crippen LogP contribution is -2.57. The number of urea groups is 1. The van der Waals surface area contributed by atoms with Crippen LogP contribution in [0.5, 0.6) is 0 Å². The first-order chi connectivity index (χ1) is 9.63. The Bertz CT molecular complexity index is 340. The highest BCUT2D eigenvalue weighted by molar-refractivity contribution is 5.72. The summed E-state index contributed by atoms with van der Waals surface area (Å²) in [4.78, 5) is 15.5. The van der Waals surface area contributed by atoms with E-state index in [1.807, 2.05) is 0 Å². The van der Waals surface area contributed by atoms with Crippen LogP contribution in [0.25, 0.3) is 0 Å². The van der Waals surface area contributed by atoms with E-state index in [0.717, 1.165) is 38.0 Å². The van der Waals surface area contributed by atoms with Crippen LogP contribution in [0.3, 0.4) is 0 Å². The molecule has 0 aliphatic carbocycles. The van der Waals surface area contributed by atoms with Crippen LogP contribution in [-0.2, 0) is 0 Å². The molecule has 0 spiro atoms. The Kier molecular flexibility index (Phi) is 4.17. The molecule has 0 aromatic heterocycles. The molecule has 3 aliphatic rings. The number of carbonyl (C=O) groups excluding carboxylic acids is 1. The molecule has 5 heteroatoms. The van der Waals surface area contributed by atoms with Crippen LogP contribution < -0.4 is 11.1 Å². The maximum absolute atomic E-state index is 11.1. The smallest absolute Gasteiger partial charge is 0.314 e. The molecule has 3 heterocycles. The maximum atomic E-state index is 11.1. The van der Waals surface area contributed by atoms with E-state index in [1.54, 1.807) is 4.90 Å². The van der Waals surface area contributed by atoms with Gasteiger partial charge in [0.25, 0.3) is 0 Å². The van der Waals surface area contributed by atoms with E-state index in [2.05, 4.69) is 17.3 Å². The third-order valence-corrected chi connectivity index (χ3v) is 5.62. The largest absolute Gasteiger partial charge is 0.351 e. The Balaban J connectivity index is 1.49. The van der Waals surface area contributed by atoms with Crippen LogP contribution in [-0.4, -0.2) is 60.1 Å². The molecule has 0 aromatic carbocycles. The maximum Gasteiger partial charge on any atom is 0.314 e. The Morgan fingerprint density at radius 3 is 2.20 bits per heavy atom. The van der Waals surface area contributed by atoms with E-state index in [-0.39, 0.29) is 6.03 Å². The highest BCUT2D eigenvalue weighted by atomic mass is 16.2. The van der Waals surface area contributed by atoms with Gasteiger partial charge in [0.2, 0.25) is 0 Å². The summed E-state index contributed by atoms with van der Waals surface area (Å²) in [5, 5.41) is 3.86. The van der Waals surface area contributed by atoms with E-state index in [9.17, 15) is 4.79 Å². The van der Waals surface area contributed by atoms with Crippen molar-refractivity contribution in [3.8, 4) is 0 Å². The minimum Gasteiger partial charge on any atom is -0.351 e. The second-order valence-corrected chi connectivity index (χ2v) is 6.84. The van der Waals surface area contributed by atoms with Gasteiger partial charge in [0.05, 0.1) is 0 Å². The fraction of sp³-hybridized carbons (Fsp3) is 0.933. The number of hydrogen-bond acceptors (Lipinski definition) is 3. The minimum absolute atomic E-state index is 0.266. The molecule has 2 atom stereocenters. The zero-order valence-electron chi connectivity index (χ0n) is 12.6. The molecule has 3 rings (SSSR count). The summed E-state index contributed by atoms with van der Waals surface area (Å²) in [6.07, 6.45) is 8.82. The van der Waals surface area contributed by atoms with Crippen molar-refractivity contribution in [1.29, 1.82) is 0 Å². The summed E-state index contributed by atoms with van der Waals surface area (Å²) in [6, 6.07) is 2.54. The van der Waals surface area contributed by atoms with Crippen molar-refractivity contribution in [3.63, 3.8) is 0 Å². The van der Waals surface area contributed by atoms with Gasteiger partial charge in [0, 0.05) is 37.3 Å². The summed E-state index contributed by atoms with van der Waals surface area (Å²) in [7, 11) is 2.30. The van der Waals surface area contributed by atoms with E-state index < -0.39 is 0 Å². The van der Waals surface area contributed by atoms with E-state index in [0.29, 0.717) is 12.1 Å². The van der Waals surface area contributed by atoms with Gasteiger partial charge in [0.1, 0.15) is 0 Å². The fourth-order valence-corrected chi connectivity index (χ4v) is 4.35. The van der Waals surface area contributed by atoms with Crippen molar-refractivity contribution in [1.82, 2.24) is 15.1 Å². The molecule has 114 valence electrons. The van der Waals surface area contributed by atoms with Gasteiger partial charge in [-0.05, 0) is 45.6 Å². The van der Waals surface area contributed by atoms with E-state index >= 15 is 0 Å².